The number of amides is 1. The van der Waals surface area contributed by atoms with Gasteiger partial charge in [-0.2, -0.15) is 0 Å². The van der Waals surface area contributed by atoms with Crippen LogP contribution in [0.5, 0.6) is 11.5 Å². The zero-order valence-corrected chi connectivity index (χ0v) is 18.1. The highest BCUT2D eigenvalue weighted by Crippen LogP contribution is 2.32. The number of ether oxygens (including phenoxy) is 3. The average molecular weight is 447 g/mol. The lowest BCUT2D eigenvalue weighted by molar-refractivity contribution is 0.0712. The fraction of sp³-hybridized carbons (Fsp3) is 0.409. The molecule has 4 rings (SSSR count). The van der Waals surface area contributed by atoms with E-state index < -0.39 is 10.0 Å². The highest BCUT2D eigenvalue weighted by molar-refractivity contribution is 7.92. The molecule has 0 spiro atoms. The first-order chi connectivity index (χ1) is 14.9. The Morgan fingerprint density at radius 2 is 1.74 bits per heavy atom. The van der Waals surface area contributed by atoms with Crippen LogP contribution in [-0.4, -0.2) is 46.3 Å². The number of rotatable bonds is 6. The largest absolute Gasteiger partial charge is 0.490 e. The smallest absolute Gasteiger partial charge is 0.262 e. The van der Waals surface area contributed by atoms with E-state index in [0.717, 1.165) is 25.9 Å². The van der Waals surface area contributed by atoms with Crippen molar-refractivity contribution in [2.45, 2.75) is 43.2 Å². The normalized spacial score (nSPS) is 19.3. The summed E-state index contributed by atoms with van der Waals surface area (Å²) < 4.78 is 44.8. The van der Waals surface area contributed by atoms with Gasteiger partial charge in [0.1, 0.15) is 0 Å². The molecule has 2 atom stereocenters. The van der Waals surface area contributed by atoms with Crippen molar-refractivity contribution >= 4 is 21.6 Å². The second kappa shape index (κ2) is 9.15. The third kappa shape index (κ3) is 5.11. The molecule has 9 heteroatoms. The number of nitrogens with one attached hydrogen (secondary N) is 2. The first-order valence-corrected chi connectivity index (χ1v) is 11.9. The molecule has 2 heterocycles. The first kappa shape index (κ1) is 21.5. The van der Waals surface area contributed by atoms with Crippen LogP contribution >= 0.6 is 0 Å². The third-order valence-electron chi connectivity index (χ3n) is 5.31. The Morgan fingerprint density at radius 3 is 2.45 bits per heavy atom. The molecule has 1 amide bonds. The van der Waals surface area contributed by atoms with Crippen molar-refractivity contribution in [1.29, 1.82) is 0 Å². The predicted octanol–water partition coefficient (Wildman–Crippen LogP) is 2.95. The Labute approximate surface area is 181 Å². The van der Waals surface area contributed by atoms with E-state index in [4.69, 9.17) is 14.2 Å². The highest BCUT2D eigenvalue weighted by atomic mass is 32.2. The maximum atomic E-state index is 12.8. The third-order valence-corrected chi connectivity index (χ3v) is 6.69. The molecule has 0 aromatic heterocycles. The van der Waals surface area contributed by atoms with Crippen LogP contribution in [0.4, 0.5) is 5.69 Å². The van der Waals surface area contributed by atoms with Gasteiger partial charge in [0.2, 0.25) is 0 Å². The lowest BCUT2D eigenvalue weighted by atomic mass is 10.1. The van der Waals surface area contributed by atoms with Gasteiger partial charge in [0.15, 0.2) is 11.5 Å². The first-order valence-electron chi connectivity index (χ1n) is 10.4. The predicted molar refractivity (Wildman–Crippen MR) is 115 cm³/mol. The van der Waals surface area contributed by atoms with Gasteiger partial charge in [0.05, 0.1) is 30.3 Å². The number of carbonyl (C=O) groups excluding carboxylic acids is 1. The fourth-order valence-corrected chi connectivity index (χ4v) is 4.67. The summed E-state index contributed by atoms with van der Waals surface area (Å²) >= 11 is 0. The second-order valence-corrected chi connectivity index (χ2v) is 9.34. The lowest BCUT2D eigenvalue weighted by Crippen LogP contribution is -2.40. The Balaban J connectivity index is 1.42. The van der Waals surface area contributed by atoms with Crippen LogP contribution in [0.25, 0.3) is 0 Å². The van der Waals surface area contributed by atoms with Crippen LogP contribution < -0.4 is 19.5 Å². The Morgan fingerprint density at radius 1 is 1.00 bits per heavy atom. The van der Waals surface area contributed by atoms with E-state index in [1.165, 1.54) is 12.1 Å². The van der Waals surface area contributed by atoms with Crippen LogP contribution in [0.3, 0.4) is 0 Å². The molecule has 8 nitrogen and oxygen atoms in total. The highest BCUT2D eigenvalue weighted by Gasteiger charge is 2.24. The van der Waals surface area contributed by atoms with Crippen molar-refractivity contribution in [2.24, 2.45) is 0 Å². The molecule has 0 radical (unpaired) electrons. The molecule has 1 saturated heterocycles. The standard InChI is InChI=1S/C22H26N2O6S/c1-15(19-4-2-11-28-19)23-22(25)16-5-7-17(8-6-16)24-31(26,27)18-9-10-20-21(14-18)30-13-3-12-29-20/h5-10,14-15,19,24H,2-4,11-13H2,1H3,(H,23,25)/t15-,19-/m1/s1. The summed E-state index contributed by atoms with van der Waals surface area (Å²) in [4.78, 5) is 12.5. The average Bonchev–Trinajstić information content (AvgIpc) is 3.19. The van der Waals surface area contributed by atoms with E-state index in [1.807, 2.05) is 6.92 Å². The molecule has 2 aromatic rings. The zero-order chi connectivity index (χ0) is 21.8. The van der Waals surface area contributed by atoms with Crippen molar-refractivity contribution in [1.82, 2.24) is 5.32 Å². The van der Waals surface area contributed by atoms with E-state index in [1.54, 1.807) is 30.3 Å². The quantitative estimate of drug-likeness (QED) is 0.707. The van der Waals surface area contributed by atoms with E-state index in [0.29, 0.717) is 36.0 Å². The van der Waals surface area contributed by atoms with Gasteiger partial charge in [0, 0.05) is 30.3 Å². The minimum atomic E-state index is -3.82. The SMILES string of the molecule is C[C@@H](NC(=O)c1ccc(NS(=O)(=O)c2ccc3c(c2)OCCCO3)cc1)[C@H]1CCCO1. The van der Waals surface area contributed by atoms with E-state index in [-0.39, 0.29) is 22.9 Å². The van der Waals surface area contributed by atoms with Gasteiger partial charge in [-0.3, -0.25) is 9.52 Å². The fourth-order valence-electron chi connectivity index (χ4n) is 3.59. The number of anilines is 1. The molecule has 2 aliphatic rings. The van der Waals surface area contributed by atoms with E-state index in [9.17, 15) is 13.2 Å². The number of hydrogen-bond donors (Lipinski definition) is 2. The number of sulfonamides is 1. The number of fused-ring (bicyclic) bond motifs is 1. The summed E-state index contributed by atoms with van der Waals surface area (Å²) in [6, 6.07) is 10.7. The van der Waals surface area contributed by atoms with Crippen LogP contribution in [-0.2, 0) is 14.8 Å². The summed E-state index contributed by atoms with van der Waals surface area (Å²) in [5.74, 6) is 0.720. The summed E-state index contributed by atoms with van der Waals surface area (Å²) in [6.45, 7) is 3.65. The molecular formula is C22H26N2O6S. The molecule has 0 bridgehead atoms. The van der Waals surface area contributed by atoms with E-state index >= 15 is 0 Å². The molecule has 0 unspecified atom stereocenters. The van der Waals surface area contributed by atoms with Crippen LogP contribution in [0.15, 0.2) is 47.4 Å². The van der Waals surface area contributed by atoms with E-state index in [2.05, 4.69) is 10.0 Å². The molecule has 1 fully saturated rings. The lowest BCUT2D eigenvalue weighted by Gasteiger charge is -2.20. The molecule has 0 aliphatic carbocycles. The van der Waals surface area contributed by atoms with Crippen molar-refractivity contribution < 1.29 is 27.4 Å². The summed E-state index contributed by atoms with van der Waals surface area (Å²) in [5.41, 5.74) is 0.805. The number of carbonyl (C=O) groups is 1. The molecule has 31 heavy (non-hydrogen) atoms. The van der Waals surface area contributed by atoms with Gasteiger partial charge >= 0.3 is 0 Å². The molecular weight excluding hydrogens is 420 g/mol. The number of benzene rings is 2. The molecule has 166 valence electrons. The van der Waals surface area contributed by atoms with Crippen molar-refractivity contribution in [3.05, 3.63) is 48.0 Å². The minimum Gasteiger partial charge on any atom is -0.490 e. The Hall–Kier alpha value is -2.78. The van der Waals surface area contributed by atoms with Crippen molar-refractivity contribution in [3.8, 4) is 11.5 Å². The van der Waals surface area contributed by atoms with Gasteiger partial charge in [-0.05, 0) is 56.2 Å². The monoisotopic (exact) mass is 446 g/mol. The summed E-state index contributed by atoms with van der Waals surface area (Å²) in [6.07, 6.45) is 2.71. The minimum absolute atomic E-state index is 0.0327. The van der Waals surface area contributed by atoms with Crippen LogP contribution in [0.1, 0.15) is 36.5 Å². The summed E-state index contributed by atoms with van der Waals surface area (Å²) in [7, 11) is -3.82. The molecule has 0 saturated carbocycles. The van der Waals surface area contributed by atoms with Gasteiger partial charge < -0.3 is 19.5 Å². The van der Waals surface area contributed by atoms with Crippen LogP contribution in [0, 0.1) is 0 Å². The van der Waals surface area contributed by atoms with Gasteiger partial charge in [-0.1, -0.05) is 0 Å². The summed E-state index contributed by atoms with van der Waals surface area (Å²) in [5, 5.41) is 2.94. The molecule has 2 aromatic carbocycles. The van der Waals surface area contributed by atoms with Gasteiger partial charge in [-0.25, -0.2) is 8.42 Å². The maximum absolute atomic E-state index is 12.8. The zero-order valence-electron chi connectivity index (χ0n) is 17.3. The van der Waals surface area contributed by atoms with Crippen molar-refractivity contribution in [3.63, 3.8) is 0 Å². The number of hydrogen-bond acceptors (Lipinski definition) is 6. The van der Waals surface area contributed by atoms with Gasteiger partial charge in [-0.15, -0.1) is 0 Å². The topological polar surface area (TPSA) is 103 Å². The van der Waals surface area contributed by atoms with Crippen LogP contribution in [0.2, 0.25) is 0 Å². The van der Waals surface area contributed by atoms with Crippen molar-refractivity contribution in [2.75, 3.05) is 24.5 Å². The molecule has 2 N–H and O–H groups in total. The molecule has 2 aliphatic heterocycles. The Kier molecular flexibility index (Phi) is 6.33. The Bertz CT molecular complexity index is 1030. The maximum Gasteiger partial charge on any atom is 0.262 e. The van der Waals surface area contributed by atoms with Gasteiger partial charge in [0.25, 0.3) is 15.9 Å². The second-order valence-electron chi connectivity index (χ2n) is 7.66.